The minimum absolute atomic E-state index is 0.232. The third-order valence-electron chi connectivity index (χ3n) is 4.09. The van der Waals surface area contributed by atoms with Crippen molar-refractivity contribution in [1.29, 1.82) is 0 Å². The van der Waals surface area contributed by atoms with Gasteiger partial charge in [-0.25, -0.2) is 4.98 Å². The smallest absolute Gasteiger partial charge is 0.150 e. The summed E-state index contributed by atoms with van der Waals surface area (Å²) in [5.41, 5.74) is 2.35. The monoisotopic (exact) mass is 387 g/mol. The minimum Gasteiger partial charge on any atom is -0.385 e. The molecule has 1 N–H and O–H groups in total. The summed E-state index contributed by atoms with van der Waals surface area (Å²) in [6, 6.07) is 12.9. The van der Waals surface area contributed by atoms with E-state index in [0.29, 0.717) is 0 Å². The van der Waals surface area contributed by atoms with Crippen LogP contribution in [0.3, 0.4) is 0 Å². The average Bonchev–Trinajstić information content (AvgIpc) is 2.99. The molecule has 0 aliphatic heterocycles. The number of unbranched alkanes of at least 4 members (excludes halogenated alkanes) is 1. The van der Waals surface area contributed by atoms with Crippen molar-refractivity contribution in [2.75, 3.05) is 19.0 Å². The first-order valence-corrected chi connectivity index (χ1v) is 9.00. The van der Waals surface area contributed by atoms with Gasteiger partial charge in [0.05, 0.1) is 11.6 Å². The van der Waals surface area contributed by atoms with Crippen LogP contribution < -0.4 is 5.32 Å². The Balaban J connectivity index is 1.82. The van der Waals surface area contributed by atoms with Crippen molar-refractivity contribution >= 4 is 27.3 Å². The summed E-state index contributed by atoms with van der Waals surface area (Å²) >= 11 is 3.54. The highest BCUT2D eigenvalue weighted by Crippen LogP contribution is 2.27. The van der Waals surface area contributed by atoms with Crippen molar-refractivity contribution in [3.63, 3.8) is 0 Å². The lowest BCUT2D eigenvalue weighted by Crippen LogP contribution is -2.13. The van der Waals surface area contributed by atoms with Gasteiger partial charge < -0.3 is 14.5 Å². The lowest BCUT2D eigenvalue weighted by molar-refractivity contribution is 0.191. The van der Waals surface area contributed by atoms with Crippen LogP contribution in [0, 0.1) is 0 Å². The van der Waals surface area contributed by atoms with Gasteiger partial charge >= 0.3 is 0 Å². The molecule has 24 heavy (non-hydrogen) atoms. The molecule has 4 nitrogen and oxygen atoms in total. The van der Waals surface area contributed by atoms with E-state index in [0.717, 1.165) is 41.7 Å². The number of hydrogen-bond donors (Lipinski definition) is 1. The first kappa shape index (κ1) is 17.0. The Labute approximate surface area is 151 Å². The zero-order valence-corrected chi connectivity index (χ0v) is 15.4. The molecular formula is C19H22BrN3O. The van der Waals surface area contributed by atoms with Crippen LogP contribution in [0.15, 0.2) is 59.5 Å². The minimum atomic E-state index is 0.232. The molecule has 126 valence electrons. The number of rotatable bonds is 8. The van der Waals surface area contributed by atoms with E-state index >= 15 is 0 Å². The Morgan fingerprint density at radius 3 is 2.88 bits per heavy atom. The molecule has 0 saturated carbocycles. The van der Waals surface area contributed by atoms with Crippen LogP contribution >= 0.6 is 15.9 Å². The molecule has 0 spiro atoms. The van der Waals surface area contributed by atoms with Gasteiger partial charge in [0.15, 0.2) is 5.82 Å². The summed E-state index contributed by atoms with van der Waals surface area (Å²) in [5, 5.41) is 3.63. The Morgan fingerprint density at radius 2 is 2.08 bits per heavy atom. The largest absolute Gasteiger partial charge is 0.385 e. The fourth-order valence-electron chi connectivity index (χ4n) is 2.88. The van der Waals surface area contributed by atoms with Crippen molar-refractivity contribution in [2.24, 2.45) is 0 Å². The molecule has 3 rings (SSSR count). The number of fused-ring (bicyclic) bond motifs is 1. The molecule has 1 aromatic carbocycles. The van der Waals surface area contributed by atoms with E-state index in [1.54, 1.807) is 7.11 Å². The maximum absolute atomic E-state index is 5.17. The quantitative estimate of drug-likeness (QED) is 0.548. The third kappa shape index (κ3) is 4.16. The maximum atomic E-state index is 5.17. The molecule has 0 bridgehead atoms. The van der Waals surface area contributed by atoms with Gasteiger partial charge in [0.1, 0.15) is 0 Å². The van der Waals surface area contributed by atoms with Crippen LogP contribution in [0.4, 0.5) is 5.82 Å². The van der Waals surface area contributed by atoms with Gasteiger partial charge in [-0.2, -0.15) is 0 Å². The lowest BCUT2D eigenvalue weighted by Gasteiger charge is -2.20. The van der Waals surface area contributed by atoms with Crippen LogP contribution in [0.1, 0.15) is 30.9 Å². The van der Waals surface area contributed by atoms with Crippen LogP contribution in [0.5, 0.6) is 0 Å². The second kappa shape index (κ2) is 8.31. The predicted molar refractivity (Wildman–Crippen MR) is 101 cm³/mol. The number of halogens is 1. The number of benzene rings is 1. The molecule has 0 amide bonds. The molecular weight excluding hydrogens is 366 g/mol. The van der Waals surface area contributed by atoms with E-state index in [1.165, 1.54) is 5.56 Å². The van der Waals surface area contributed by atoms with Crippen LogP contribution in [0.2, 0.25) is 0 Å². The summed E-state index contributed by atoms with van der Waals surface area (Å²) in [5.74, 6) is 0.906. The van der Waals surface area contributed by atoms with Crippen molar-refractivity contribution in [3.8, 4) is 0 Å². The molecule has 0 fully saturated rings. The SMILES string of the molecule is COCCCCC(Nc1nccn2cc(Br)cc12)c1ccccc1. The van der Waals surface area contributed by atoms with Gasteiger partial charge in [-0.3, -0.25) is 0 Å². The summed E-state index contributed by atoms with van der Waals surface area (Å²) in [7, 11) is 1.75. The zero-order valence-electron chi connectivity index (χ0n) is 13.8. The average molecular weight is 388 g/mol. The number of anilines is 1. The first-order chi connectivity index (χ1) is 11.8. The number of nitrogens with one attached hydrogen (secondary N) is 1. The van der Waals surface area contributed by atoms with Gasteiger partial charge in [0.2, 0.25) is 0 Å². The number of methoxy groups -OCH3 is 1. The third-order valence-corrected chi connectivity index (χ3v) is 4.53. The van der Waals surface area contributed by atoms with Gasteiger partial charge in [-0.05, 0) is 46.8 Å². The van der Waals surface area contributed by atoms with E-state index in [4.69, 9.17) is 4.74 Å². The zero-order chi connectivity index (χ0) is 16.8. The summed E-state index contributed by atoms with van der Waals surface area (Å²) in [6.07, 6.45) is 9.04. The van der Waals surface area contributed by atoms with E-state index in [2.05, 4.69) is 67.0 Å². The molecule has 2 heterocycles. The Morgan fingerprint density at radius 1 is 1.25 bits per heavy atom. The highest BCUT2D eigenvalue weighted by Gasteiger charge is 2.14. The number of aromatic nitrogens is 2. The van der Waals surface area contributed by atoms with Crippen LogP contribution in [-0.2, 0) is 4.74 Å². The first-order valence-electron chi connectivity index (χ1n) is 8.20. The Bertz CT molecular complexity index is 773. The normalized spacial score (nSPS) is 12.4. The van der Waals surface area contributed by atoms with Crippen molar-refractivity contribution in [2.45, 2.75) is 25.3 Å². The fraction of sp³-hybridized carbons (Fsp3) is 0.316. The second-order valence-corrected chi connectivity index (χ2v) is 6.74. The van der Waals surface area contributed by atoms with Crippen molar-refractivity contribution in [1.82, 2.24) is 9.38 Å². The van der Waals surface area contributed by atoms with E-state index < -0.39 is 0 Å². The molecule has 3 aromatic rings. The molecule has 0 aliphatic carbocycles. The summed E-state index contributed by atoms with van der Waals surface area (Å²) in [6.45, 7) is 0.807. The van der Waals surface area contributed by atoms with Gasteiger partial charge in [0, 0.05) is 36.8 Å². The summed E-state index contributed by atoms with van der Waals surface area (Å²) in [4.78, 5) is 4.55. The van der Waals surface area contributed by atoms with Crippen molar-refractivity contribution in [3.05, 3.63) is 65.0 Å². The number of ether oxygens (including phenoxy) is 1. The van der Waals surface area contributed by atoms with Gasteiger partial charge in [-0.1, -0.05) is 30.3 Å². The predicted octanol–water partition coefficient (Wildman–Crippen LogP) is 5.07. The van der Waals surface area contributed by atoms with Crippen molar-refractivity contribution < 1.29 is 4.74 Å². The molecule has 2 aromatic heterocycles. The molecule has 0 radical (unpaired) electrons. The topological polar surface area (TPSA) is 38.6 Å². The van der Waals surface area contributed by atoms with E-state index in [-0.39, 0.29) is 6.04 Å². The van der Waals surface area contributed by atoms with E-state index in [1.807, 2.05) is 18.6 Å². The highest BCUT2D eigenvalue weighted by molar-refractivity contribution is 9.10. The molecule has 0 saturated heterocycles. The standard InChI is InChI=1S/C19H22BrN3O/c1-24-12-6-5-9-17(15-7-3-2-4-8-15)22-19-18-13-16(20)14-23(18)11-10-21-19/h2-4,7-8,10-11,13-14,17H,5-6,9,12H2,1H3,(H,21,22). The second-order valence-electron chi connectivity index (χ2n) is 5.82. The molecule has 5 heteroatoms. The van der Waals surface area contributed by atoms with Crippen LogP contribution in [0.25, 0.3) is 5.52 Å². The highest BCUT2D eigenvalue weighted by atomic mass is 79.9. The number of hydrogen-bond acceptors (Lipinski definition) is 3. The summed E-state index contributed by atoms with van der Waals surface area (Å²) < 4.78 is 8.29. The number of nitrogens with zero attached hydrogens (tertiary/aromatic N) is 2. The van der Waals surface area contributed by atoms with Gasteiger partial charge in [0.25, 0.3) is 0 Å². The Kier molecular flexibility index (Phi) is 5.88. The van der Waals surface area contributed by atoms with E-state index in [9.17, 15) is 0 Å². The van der Waals surface area contributed by atoms with Gasteiger partial charge in [-0.15, -0.1) is 0 Å². The molecule has 1 unspecified atom stereocenters. The Hall–Kier alpha value is -1.85. The van der Waals surface area contributed by atoms with Crippen LogP contribution in [-0.4, -0.2) is 23.1 Å². The molecule has 1 atom stereocenters. The lowest BCUT2D eigenvalue weighted by atomic mass is 10.0. The maximum Gasteiger partial charge on any atom is 0.150 e. The fourth-order valence-corrected chi connectivity index (χ4v) is 3.32. The molecule has 0 aliphatic rings.